The Bertz CT molecular complexity index is 149. The second-order valence-corrected chi connectivity index (χ2v) is 3.04. The highest BCUT2D eigenvalue weighted by Gasteiger charge is 2.23. The molecule has 2 nitrogen and oxygen atoms in total. The van der Waals surface area contributed by atoms with Crippen LogP contribution < -0.4 is 0 Å². The molecule has 0 N–H and O–H groups in total. The topological polar surface area (TPSA) is 20.3 Å². The minimum Gasteiger partial charge on any atom is -0.300 e. The van der Waals surface area contributed by atoms with Gasteiger partial charge >= 0.3 is 0 Å². The molecule has 0 spiro atoms. The Morgan fingerprint density at radius 1 is 1.25 bits per heavy atom. The van der Waals surface area contributed by atoms with Gasteiger partial charge in [-0.1, -0.05) is 0 Å². The van der Waals surface area contributed by atoms with E-state index < -0.39 is 19.4 Å². The number of carbonyl (C=O) groups excluding carboxylic acids is 1. The van der Waals surface area contributed by atoms with Crippen LogP contribution in [0, 0.1) is 0 Å². The number of hydrogen-bond acceptors (Lipinski definition) is 2. The summed E-state index contributed by atoms with van der Waals surface area (Å²) in [6.07, 6.45) is 0.882. The molecule has 12 heavy (non-hydrogen) atoms. The van der Waals surface area contributed by atoms with Gasteiger partial charge in [0, 0.05) is 25.9 Å². The molecule has 1 aliphatic rings. The Morgan fingerprint density at radius 3 is 2.17 bits per heavy atom. The van der Waals surface area contributed by atoms with Crippen molar-refractivity contribution in [2.45, 2.75) is 18.9 Å². The van der Waals surface area contributed by atoms with Gasteiger partial charge in [-0.2, -0.15) is 0 Å². The highest BCUT2D eigenvalue weighted by Crippen LogP contribution is 2.10. The van der Waals surface area contributed by atoms with Crippen LogP contribution in [0.15, 0.2) is 0 Å². The van der Waals surface area contributed by atoms with Gasteiger partial charge in [0.25, 0.3) is 0 Å². The van der Waals surface area contributed by atoms with Crippen molar-refractivity contribution in [1.29, 1.82) is 0 Å². The predicted octanol–water partition coefficient (Wildman–Crippen LogP) is 0.959. The molecule has 0 amide bonds. The molecule has 1 saturated heterocycles. The highest BCUT2D eigenvalue weighted by atomic mass is 19.1. The Labute approximate surface area is 70.5 Å². The molecule has 4 heteroatoms. The third-order valence-corrected chi connectivity index (χ3v) is 2.23. The number of alkyl halides is 2. The summed E-state index contributed by atoms with van der Waals surface area (Å²) in [7, 11) is 0. The summed E-state index contributed by atoms with van der Waals surface area (Å²) in [5, 5.41) is 0. The maximum atomic E-state index is 12.2. The fourth-order valence-corrected chi connectivity index (χ4v) is 1.37. The number of hydrogen-bond donors (Lipinski definition) is 0. The molecule has 0 aromatic carbocycles. The lowest BCUT2D eigenvalue weighted by molar-refractivity contribution is -0.122. The molecule has 1 fully saturated rings. The lowest BCUT2D eigenvalue weighted by Gasteiger charge is -2.30. The first-order chi connectivity index (χ1) is 5.77. The first kappa shape index (κ1) is 9.58. The van der Waals surface area contributed by atoms with E-state index in [2.05, 4.69) is 0 Å². The lowest BCUT2D eigenvalue weighted by atomic mass is 10.1. The van der Waals surface area contributed by atoms with E-state index in [1.807, 2.05) is 0 Å². The van der Waals surface area contributed by atoms with E-state index >= 15 is 0 Å². The van der Waals surface area contributed by atoms with E-state index in [9.17, 15) is 13.6 Å². The number of nitrogens with zero attached hydrogens (tertiary/aromatic N) is 1. The van der Waals surface area contributed by atoms with Gasteiger partial charge in [0.2, 0.25) is 0 Å². The van der Waals surface area contributed by atoms with Crippen molar-refractivity contribution in [3.8, 4) is 0 Å². The van der Waals surface area contributed by atoms with Crippen LogP contribution in [0.5, 0.6) is 0 Å². The standard InChI is InChI=1S/C8H13F2NO/c9-5-7(6-10)11-3-1-8(12)2-4-11/h7H,1-6H2. The molecule has 0 aromatic heterocycles. The quantitative estimate of drug-likeness (QED) is 0.640. The SMILES string of the molecule is O=C1CCN(C(CF)CF)CC1. The summed E-state index contributed by atoms with van der Waals surface area (Å²) in [6, 6.07) is -0.627. The zero-order valence-electron chi connectivity index (χ0n) is 6.93. The van der Waals surface area contributed by atoms with Gasteiger partial charge in [-0.05, 0) is 0 Å². The van der Waals surface area contributed by atoms with Gasteiger partial charge in [-0.15, -0.1) is 0 Å². The Kier molecular flexibility index (Phi) is 3.59. The largest absolute Gasteiger partial charge is 0.300 e. The minimum atomic E-state index is -0.662. The van der Waals surface area contributed by atoms with Gasteiger partial charge < -0.3 is 0 Å². The summed E-state index contributed by atoms with van der Waals surface area (Å²) in [6.45, 7) is -0.302. The normalized spacial score (nSPS) is 20.4. The van der Waals surface area contributed by atoms with Gasteiger partial charge in [0.1, 0.15) is 19.1 Å². The van der Waals surface area contributed by atoms with Crippen molar-refractivity contribution in [3.63, 3.8) is 0 Å². The third kappa shape index (κ3) is 2.24. The monoisotopic (exact) mass is 177 g/mol. The van der Waals surface area contributed by atoms with Crippen molar-refractivity contribution in [2.24, 2.45) is 0 Å². The van der Waals surface area contributed by atoms with Gasteiger partial charge in [-0.3, -0.25) is 9.69 Å². The fraction of sp³-hybridized carbons (Fsp3) is 0.875. The molecular weight excluding hydrogens is 164 g/mol. The third-order valence-electron chi connectivity index (χ3n) is 2.23. The Morgan fingerprint density at radius 2 is 1.75 bits per heavy atom. The van der Waals surface area contributed by atoms with E-state index in [4.69, 9.17) is 0 Å². The van der Waals surface area contributed by atoms with Crippen molar-refractivity contribution in [2.75, 3.05) is 26.4 Å². The van der Waals surface area contributed by atoms with Crippen molar-refractivity contribution in [3.05, 3.63) is 0 Å². The van der Waals surface area contributed by atoms with Crippen molar-refractivity contribution in [1.82, 2.24) is 4.90 Å². The zero-order valence-corrected chi connectivity index (χ0v) is 6.93. The van der Waals surface area contributed by atoms with Crippen LogP contribution in [0.4, 0.5) is 8.78 Å². The van der Waals surface area contributed by atoms with Gasteiger partial charge in [-0.25, -0.2) is 8.78 Å². The summed E-state index contributed by atoms with van der Waals surface area (Å²) in [5.74, 6) is 0.197. The number of rotatable bonds is 3. The van der Waals surface area contributed by atoms with Gasteiger partial charge in [0.15, 0.2) is 0 Å². The minimum absolute atomic E-state index is 0.197. The predicted molar refractivity (Wildman–Crippen MR) is 41.6 cm³/mol. The molecule has 0 radical (unpaired) electrons. The number of piperidine rings is 1. The molecule has 0 aromatic rings. The molecule has 0 bridgehead atoms. The number of likely N-dealkylation sites (tertiary alicyclic amines) is 1. The van der Waals surface area contributed by atoms with Crippen LogP contribution >= 0.6 is 0 Å². The molecule has 0 unspecified atom stereocenters. The molecule has 70 valence electrons. The average molecular weight is 177 g/mol. The zero-order chi connectivity index (χ0) is 8.97. The van der Waals surface area contributed by atoms with Crippen LogP contribution in [0.1, 0.15) is 12.8 Å². The summed E-state index contributed by atoms with van der Waals surface area (Å²) in [4.78, 5) is 12.5. The lowest BCUT2D eigenvalue weighted by Crippen LogP contribution is -2.43. The molecule has 0 aliphatic carbocycles. The van der Waals surface area contributed by atoms with Crippen molar-refractivity contribution >= 4 is 5.78 Å². The second kappa shape index (κ2) is 4.50. The number of carbonyl (C=O) groups is 1. The summed E-state index contributed by atoms with van der Waals surface area (Å²) >= 11 is 0. The first-order valence-electron chi connectivity index (χ1n) is 4.15. The van der Waals surface area contributed by atoms with E-state index in [1.165, 1.54) is 0 Å². The van der Waals surface area contributed by atoms with E-state index in [0.717, 1.165) is 0 Å². The van der Waals surface area contributed by atoms with Crippen LogP contribution in [0.2, 0.25) is 0 Å². The average Bonchev–Trinajstić information content (AvgIpc) is 2.10. The molecule has 1 aliphatic heterocycles. The van der Waals surface area contributed by atoms with Gasteiger partial charge in [0.05, 0.1) is 6.04 Å². The first-order valence-corrected chi connectivity index (χ1v) is 4.15. The van der Waals surface area contributed by atoms with E-state index in [0.29, 0.717) is 25.9 Å². The molecule has 0 atom stereocenters. The van der Waals surface area contributed by atoms with Crippen LogP contribution in [0.25, 0.3) is 0 Å². The van der Waals surface area contributed by atoms with Crippen molar-refractivity contribution < 1.29 is 13.6 Å². The van der Waals surface area contributed by atoms with Crippen LogP contribution in [0.3, 0.4) is 0 Å². The Hall–Kier alpha value is -0.510. The molecule has 0 saturated carbocycles. The number of ketones is 1. The number of Topliss-reactive ketones (excluding diaryl/α,β-unsaturated/α-hetero) is 1. The van der Waals surface area contributed by atoms with Crippen LogP contribution in [-0.2, 0) is 4.79 Å². The fourth-order valence-electron chi connectivity index (χ4n) is 1.37. The second-order valence-electron chi connectivity index (χ2n) is 3.04. The van der Waals surface area contributed by atoms with Crippen LogP contribution in [-0.4, -0.2) is 43.2 Å². The molecular formula is C8H13F2NO. The maximum Gasteiger partial charge on any atom is 0.135 e. The smallest absolute Gasteiger partial charge is 0.135 e. The molecule has 1 heterocycles. The van der Waals surface area contributed by atoms with E-state index in [1.54, 1.807) is 4.90 Å². The Balaban J connectivity index is 2.37. The summed E-state index contributed by atoms with van der Waals surface area (Å²) in [5.41, 5.74) is 0. The number of halogens is 2. The summed E-state index contributed by atoms with van der Waals surface area (Å²) < 4.78 is 24.3. The molecule has 1 rings (SSSR count). The highest BCUT2D eigenvalue weighted by molar-refractivity contribution is 5.79. The van der Waals surface area contributed by atoms with E-state index in [-0.39, 0.29) is 5.78 Å². The maximum absolute atomic E-state index is 12.2.